The third-order valence-electron chi connectivity index (χ3n) is 2.42. The van der Waals surface area contributed by atoms with E-state index < -0.39 is 6.67 Å². The lowest BCUT2D eigenvalue weighted by Gasteiger charge is -2.12. The van der Waals surface area contributed by atoms with Crippen LogP contribution in [0.3, 0.4) is 0 Å². The summed E-state index contributed by atoms with van der Waals surface area (Å²) in [6, 6.07) is 7.58. The number of alkyl halides is 1. The van der Waals surface area contributed by atoms with E-state index in [2.05, 4.69) is 13.0 Å². The molecule has 1 rings (SSSR count). The van der Waals surface area contributed by atoms with Gasteiger partial charge in [0.1, 0.15) is 0 Å². The third-order valence-corrected chi connectivity index (χ3v) is 2.42. The zero-order valence-corrected chi connectivity index (χ0v) is 9.18. The van der Waals surface area contributed by atoms with Crippen molar-refractivity contribution in [1.29, 1.82) is 5.26 Å². The standard InChI is InChI=1S/C13H15FN/c1-3-4-12-6-5-11(9-15)7-13(12)10(2)8-14/h5-7H,3-4,8H2,1-2H3. The van der Waals surface area contributed by atoms with Crippen LogP contribution in [-0.2, 0) is 6.42 Å². The van der Waals surface area contributed by atoms with Crippen molar-refractivity contribution in [3.63, 3.8) is 0 Å². The lowest BCUT2D eigenvalue weighted by atomic mass is 9.92. The Bertz CT molecular complexity index is 365. The van der Waals surface area contributed by atoms with Gasteiger partial charge in [0.05, 0.1) is 18.3 Å². The van der Waals surface area contributed by atoms with Gasteiger partial charge in [-0.3, -0.25) is 4.39 Å². The Morgan fingerprint density at radius 2 is 2.20 bits per heavy atom. The van der Waals surface area contributed by atoms with E-state index in [0.29, 0.717) is 11.5 Å². The summed E-state index contributed by atoms with van der Waals surface area (Å²) in [5.41, 5.74) is 2.63. The highest BCUT2D eigenvalue weighted by atomic mass is 19.1. The molecule has 1 aromatic carbocycles. The SMILES string of the molecule is CCCc1ccc(C#N)cc1[C](C)CF. The summed E-state index contributed by atoms with van der Waals surface area (Å²) in [4.78, 5) is 0. The lowest BCUT2D eigenvalue weighted by molar-refractivity contribution is 0.515. The normalized spacial score (nSPS) is 10.3. The van der Waals surface area contributed by atoms with Crippen LogP contribution in [0.1, 0.15) is 37.0 Å². The van der Waals surface area contributed by atoms with Crippen molar-refractivity contribution in [2.75, 3.05) is 6.67 Å². The van der Waals surface area contributed by atoms with Crippen LogP contribution in [0.25, 0.3) is 0 Å². The molecule has 0 aliphatic rings. The van der Waals surface area contributed by atoms with Gasteiger partial charge < -0.3 is 0 Å². The molecule has 15 heavy (non-hydrogen) atoms. The maximum Gasteiger partial charge on any atom is 0.0997 e. The van der Waals surface area contributed by atoms with E-state index in [0.717, 1.165) is 24.0 Å². The molecule has 0 aliphatic carbocycles. The second-order valence-corrected chi connectivity index (χ2v) is 3.65. The average molecular weight is 204 g/mol. The van der Waals surface area contributed by atoms with Gasteiger partial charge in [0.2, 0.25) is 0 Å². The van der Waals surface area contributed by atoms with E-state index >= 15 is 0 Å². The van der Waals surface area contributed by atoms with Gasteiger partial charge >= 0.3 is 0 Å². The van der Waals surface area contributed by atoms with E-state index in [1.54, 1.807) is 19.1 Å². The van der Waals surface area contributed by atoms with Crippen LogP contribution in [0, 0.1) is 17.2 Å². The van der Waals surface area contributed by atoms with Gasteiger partial charge in [-0.05, 0) is 29.7 Å². The molecule has 0 spiro atoms. The van der Waals surface area contributed by atoms with Crippen molar-refractivity contribution in [2.24, 2.45) is 0 Å². The molecule has 0 saturated carbocycles. The summed E-state index contributed by atoms with van der Waals surface area (Å²) in [7, 11) is 0. The summed E-state index contributed by atoms with van der Waals surface area (Å²) in [5.74, 6) is 0.704. The second-order valence-electron chi connectivity index (χ2n) is 3.65. The number of nitriles is 1. The fraction of sp³-hybridized carbons (Fsp3) is 0.385. The van der Waals surface area contributed by atoms with Crippen LogP contribution < -0.4 is 0 Å². The van der Waals surface area contributed by atoms with Gasteiger partial charge in [-0.2, -0.15) is 5.26 Å². The molecule has 0 aromatic heterocycles. The third kappa shape index (κ3) is 2.79. The zero-order chi connectivity index (χ0) is 11.3. The highest BCUT2D eigenvalue weighted by molar-refractivity contribution is 5.44. The number of nitrogens with zero attached hydrogens (tertiary/aromatic N) is 1. The number of rotatable bonds is 4. The van der Waals surface area contributed by atoms with Gasteiger partial charge in [-0.1, -0.05) is 26.3 Å². The van der Waals surface area contributed by atoms with Crippen molar-refractivity contribution < 1.29 is 4.39 Å². The quantitative estimate of drug-likeness (QED) is 0.737. The van der Waals surface area contributed by atoms with Crippen LogP contribution in [0.4, 0.5) is 4.39 Å². The largest absolute Gasteiger partial charge is 0.250 e. The van der Waals surface area contributed by atoms with Gasteiger partial charge in [0.25, 0.3) is 0 Å². The zero-order valence-electron chi connectivity index (χ0n) is 9.18. The fourth-order valence-electron chi connectivity index (χ4n) is 1.60. The first-order valence-corrected chi connectivity index (χ1v) is 5.14. The number of aryl methyl sites for hydroxylation is 1. The van der Waals surface area contributed by atoms with E-state index in [4.69, 9.17) is 5.26 Å². The highest BCUT2D eigenvalue weighted by Gasteiger charge is 2.11. The van der Waals surface area contributed by atoms with E-state index in [9.17, 15) is 4.39 Å². The molecule has 1 nitrogen and oxygen atoms in total. The average Bonchev–Trinajstić information content (AvgIpc) is 2.29. The number of hydrogen-bond donors (Lipinski definition) is 0. The molecule has 0 N–H and O–H groups in total. The number of halogens is 1. The Morgan fingerprint density at radius 3 is 2.73 bits per heavy atom. The minimum atomic E-state index is -0.453. The minimum Gasteiger partial charge on any atom is -0.250 e. The van der Waals surface area contributed by atoms with Gasteiger partial charge in [-0.15, -0.1) is 0 Å². The Kier molecular flexibility index (Phi) is 4.30. The topological polar surface area (TPSA) is 23.8 Å². The maximum absolute atomic E-state index is 12.6. The minimum absolute atomic E-state index is 0.453. The van der Waals surface area contributed by atoms with Crippen molar-refractivity contribution in [1.82, 2.24) is 0 Å². The molecule has 0 bridgehead atoms. The molecule has 0 heterocycles. The molecule has 79 valence electrons. The van der Waals surface area contributed by atoms with E-state index in [1.807, 2.05) is 6.07 Å². The molecule has 0 saturated heterocycles. The number of benzene rings is 1. The second kappa shape index (κ2) is 5.50. The van der Waals surface area contributed by atoms with Gasteiger partial charge in [0, 0.05) is 5.92 Å². The first-order chi connectivity index (χ1) is 7.22. The van der Waals surface area contributed by atoms with Gasteiger partial charge in [-0.25, -0.2) is 0 Å². The molecule has 1 radical (unpaired) electrons. The molecular weight excluding hydrogens is 189 g/mol. The Balaban J connectivity index is 3.11. The highest BCUT2D eigenvalue weighted by Crippen LogP contribution is 2.22. The van der Waals surface area contributed by atoms with Crippen LogP contribution in [-0.4, -0.2) is 6.67 Å². The Morgan fingerprint density at radius 1 is 1.47 bits per heavy atom. The van der Waals surface area contributed by atoms with E-state index in [-0.39, 0.29) is 0 Å². The summed E-state index contributed by atoms with van der Waals surface area (Å²) in [6.45, 7) is 3.41. The molecule has 0 amide bonds. The van der Waals surface area contributed by atoms with Crippen LogP contribution in [0.2, 0.25) is 0 Å². The van der Waals surface area contributed by atoms with E-state index in [1.165, 1.54) is 0 Å². The smallest absolute Gasteiger partial charge is 0.0997 e. The molecule has 0 unspecified atom stereocenters. The van der Waals surface area contributed by atoms with Gasteiger partial charge in [0.15, 0.2) is 0 Å². The lowest BCUT2D eigenvalue weighted by Crippen LogP contribution is -2.02. The van der Waals surface area contributed by atoms with Crippen LogP contribution >= 0.6 is 0 Å². The monoisotopic (exact) mass is 204 g/mol. The summed E-state index contributed by atoms with van der Waals surface area (Å²) in [5, 5.41) is 8.78. The predicted molar refractivity (Wildman–Crippen MR) is 59.1 cm³/mol. The molecule has 2 heteroatoms. The molecule has 1 aromatic rings. The molecular formula is C13H15FN. The summed E-state index contributed by atoms with van der Waals surface area (Å²) in [6.07, 6.45) is 1.96. The number of hydrogen-bond acceptors (Lipinski definition) is 1. The fourth-order valence-corrected chi connectivity index (χ4v) is 1.60. The first kappa shape index (κ1) is 11.7. The Hall–Kier alpha value is -1.36. The van der Waals surface area contributed by atoms with Crippen LogP contribution in [0.15, 0.2) is 18.2 Å². The maximum atomic E-state index is 12.6. The van der Waals surface area contributed by atoms with Crippen molar-refractivity contribution in [3.05, 3.63) is 40.8 Å². The summed E-state index contributed by atoms with van der Waals surface area (Å²) < 4.78 is 12.6. The molecule has 0 atom stereocenters. The Labute approximate surface area is 90.5 Å². The van der Waals surface area contributed by atoms with Crippen molar-refractivity contribution in [3.8, 4) is 6.07 Å². The molecule has 0 fully saturated rings. The van der Waals surface area contributed by atoms with Crippen LogP contribution in [0.5, 0.6) is 0 Å². The van der Waals surface area contributed by atoms with Crippen molar-refractivity contribution >= 4 is 0 Å². The first-order valence-electron chi connectivity index (χ1n) is 5.14. The van der Waals surface area contributed by atoms with Crippen molar-refractivity contribution in [2.45, 2.75) is 26.7 Å². The summed E-state index contributed by atoms with van der Waals surface area (Å²) >= 11 is 0. The predicted octanol–water partition coefficient (Wildman–Crippen LogP) is 3.42. The molecule has 0 aliphatic heterocycles.